The Hall–Kier alpha value is -3.47. The first-order valence-corrected chi connectivity index (χ1v) is 9.26. The molecule has 0 unspecified atom stereocenters. The van der Waals surface area contributed by atoms with Crippen molar-refractivity contribution in [3.8, 4) is 0 Å². The molecule has 1 aromatic heterocycles. The van der Waals surface area contributed by atoms with Crippen LogP contribution in [0.4, 0.5) is 5.69 Å². The molecule has 0 spiro atoms. The van der Waals surface area contributed by atoms with Gasteiger partial charge in [-0.15, -0.1) is 0 Å². The number of amides is 2. The van der Waals surface area contributed by atoms with Crippen LogP contribution in [0.15, 0.2) is 66.9 Å². The molecule has 3 aromatic rings. The summed E-state index contributed by atoms with van der Waals surface area (Å²) in [5.41, 5.74) is 4.59. The molecule has 1 heterocycles. The highest BCUT2D eigenvalue weighted by Gasteiger charge is 2.13. The minimum atomic E-state index is -0.339. The van der Waals surface area contributed by atoms with Gasteiger partial charge in [0.05, 0.1) is 0 Å². The number of aromatic nitrogens is 1. The molecular weight excluding hydrogens is 350 g/mol. The Morgan fingerprint density at radius 2 is 1.71 bits per heavy atom. The fraction of sp³-hybridized carbons (Fsp3) is 0.174. The van der Waals surface area contributed by atoms with E-state index in [-0.39, 0.29) is 17.5 Å². The van der Waals surface area contributed by atoms with Crippen molar-refractivity contribution >= 4 is 17.5 Å². The van der Waals surface area contributed by atoms with E-state index in [1.807, 2.05) is 62.4 Å². The number of rotatable bonds is 6. The van der Waals surface area contributed by atoms with Gasteiger partial charge in [-0.05, 0) is 42.7 Å². The van der Waals surface area contributed by atoms with Crippen LogP contribution < -0.4 is 10.6 Å². The lowest BCUT2D eigenvalue weighted by atomic mass is 10.1. The van der Waals surface area contributed by atoms with Crippen molar-refractivity contribution in [2.24, 2.45) is 0 Å². The van der Waals surface area contributed by atoms with Gasteiger partial charge in [0.15, 0.2) is 0 Å². The minimum absolute atomic E-state index is 0.203. The highest BCUT2D eigenvalue weighted by molar-refractivity contribution is 6.05. The van der Waals surface area contributed by atoms with Crippen LogP contribution in [-0.4, -0.2) is 16.8 Å². The Morgan fingerprint density at radius 1 is 0.964 bits per heavy atom. The zero-order valence-electron chi connectivity index (χ0n) is 16.0. The fourth-order valence-electron chi connectivity index (χ4n) is 2.82. The standard InChI is InChI=1S/C23H23N3O2/c1-3-18-6-4-5-7-20(18)26-23(28)21-14-19(12-13-24-21)22(27)25-15-17-10-8-16(2)9-11-17/h4-14H,3,15H2,1-2H3,(H,25,27)(H,26,28). The quantitative estimate of drug-likeness (QED) is 0.682. The zero-order chi connectivity index (χ0) is 19.9. The van der Waals surface area contributed by atoms with E-state index in [1.165, 1.54) is 17.8 Å². The number of pyridine rings is 1. The van der Waals surface area contributed by atoms with E-state index in [0.29, 0.717) is 12.1 Å². The molecule has 0 fully saturated rings. The molecular formula is C23H23N3O2. The predicted molar refractivity (Wildman–Crippen MR) is 110 cm³/mol. The molecule has 28 heavy (non-hydrogen) atoms. The fourth-order valence-corrected chi connectivity index (χ4v) is 2.82. The number of carbonyl (C=O) groups excluding carboxylic acids is 2. The van der Waals surface area contributed by atoms with E-state index in [1.54, 1.807) is 6.07 Å². The van der Waals surface area contributed by atoms with Crippen molar-refractivity contribution in [1.29, 1.82) is 0 Å². The smallest absolute Gasteiger partial charge is 0.274 e. The molecule has 0 bridgehead atoms. The van der Waals surface area contributed by atoms with E-state index in [0.717, 1.165) is 23.2 Å². The molecule has 0 aliphatic rings. The van der Waals surface area contributed by atoms with Crippen LogP contribution in [0.5, 0.6) is 0 Å². The van der Waals surface area contributed by atoms with Crippen LogP contribution >= 0.6 is 0 Å². The van der Waals surface area contributed by atoms with E-state index < -0.39 is 0 Å². The summed E-state index contributed by atoms with van der Waals surface area (Å²) in [6.45, 7) is 4.47. The Kier molecular flexibility index (Phi) is 6.17. The summed E-state index contributed by atoms with van der Waals surface area (Å²) in [5.74, 6) is -0.583. The molecule has 2 aromatic carbocycles. The molecule has 0 aliphatic heterocycles. The highest BCUT2D eigenvalue weighted by atomic mass is 16.2. The number of hydrogen-bond donors (Lipinski definition) is 2. The van der Waals surface area contributed by atoms with Crippen LogP contribution in [0.3, 0.4) is 0 Å². The molecule has 0 radical (unpaired) electrons. The third-order valence-electron chi connectivity index (χ3n) is 4.47. The summed E-state index contributed by atoms with van der Waals surface area (Å²) in [6, 6.07) is 18.7. The van der Waals surface area contributed by atoms with Gasteiger partial charge in [0.25, 0.3) is 11.8 Å². The number of nitrogens with one attached hydrogen (secondary N) is 2. The summed E-state index contributed by atoms with van der Waals surface area (Å²) in [7, 11) is 0. The summed E-state index contributed by atoms with van der Waals surface area (Å²) < 4.78 is 0. The molecule has 0 atom stereocenters. The number of anilines is 1. The maximum atomic E-state index is 12.6. The van der Waals surface area contributed by atoms with E-state index in [9.17, 15) is 9.59 Å². The third kappa shape index (κ3) is 4.82. The lowest BCUT2D eigenvalue weighted by molar-refractivity contribution is 0.0951. The highest BCUT2D eigenvalue weighted by Crippen LogP contribution is 2.16. The Balaban J connectivity index is 1.68. The molecule has 5 heteroatoms. The summed E-state index contributed by atoms with van der Waals surface area (Å²) in [4.78, 5) is 29.1. The predicted octanol–water partition coefficient (Wildman–Crippen LogP) is 4.13. The number of aryl methyl sites for hydroxylation is 2. The number of nitrogens with zero attached hydrogens (tertiary/aromatic N) is 1. The lowest BCUT2D eigenvalue weighted by Crippen LogP contribution is -2.23. The van der Waals surface area contributed by atoms with Crippen LogP contribution in [0.2, 0.25) is 0 Å². The van der Waals surface area contributed by atoms with Gasteiger partial charge in [-0.25, -0.2) is 0 Å². The second-order valence-electron chi connectivity index (χ2n) is 6.56. The average molecular weight is 373 g/mol. The zero-order valence-corrected chi connectivity index (χ0v) is 16.0. The first-order chi connectivity index (χ1) is 13.6. The van der Waals surface area contributed by atoms with Gasteiger partial charge in [0.1, 0.15) is 5.69 Å². The Morgan fingerprint density at radius 3 is 2.46 bits per heavy atom. The molecule has 142 valence electrons. The molecule has 0 saturated carbocycles. The number of carbonyl (C=O) groups is 2. The normalized spacial score (nSPS) is 10.4. The van der Waals surface area contributed by atoms with Crippen LogP contribution in [0.25, 0.3) is 0 Å². The summed E-state index contributed by atoms with van der Waals surface area (Å²) in [5, 5.41) is 5.74. The van der Waals surface area contributed by atoms with E-state index in [2.05, 4.69) is 15.6 Å². The van der Waals surface area contributed by atoms with Crippen LogP contribution in [0.1, 0.15) is 44.5 Å². The van der Waals surface area contributed by atoms with Crippen LogP contribution in [0, 0.1) is 6.92 Å². The molecule has 3 rings (SSSR count). The molecule has 2 N–H and O–H groups in total. The lowest BCUT2D eigenvalue weighted by Gasteiger charge is -2.10. The maximum Gasteiger partial charge on any atom is 0.274 e. The molecule has 5 nitrogen and oxygen atoms in total. The van der Waals surface area contributed by atoms with E-state index >= 15 is 0 Å². The van der Waals surface area contributed by atoms with Gasteiger partial charge in [-0.3, -0.25) is 14.6 Å². The molecule has 0 aliphatic carbocycles. The van der Waals surface area contributed by atoms with Gasteiger partial charge in [-0.2, -0.15) is 0 Å². The van der Waals surface area contributed by atoms with Gasteiger partial charge in [-0.1, -0.05) is 55.0 Å². The van der Waals surface area contributed by atoms with Gasteiger partial charge in [0, 0.05) is 24.0 Å². The minimum Gasteiger partial charge on any atom is -0.348 e. The Bertz CT molecular complexity index is 981. The summed E-state index contributed by atoms with van der Waals surface area (Å²) in [6.07, 6.45) is 2.28. The van der Waals surface area contributed by atoms with Crippen molar-refractivity contribution in [3.05, 3.63) is 94.8 Å². The topological polar surface area (TPSA) is 71.1 Å². The first-order valence-electron chi connectivity index (χ1n) is 9.26. The second-order valence-corrected chi connectivity index (χ2v) is 6.56. The SMILES string of the molecule is CCc1ccccc1NC(=O)c1cc(C(=O)NCc2ccc(C)cc2)ccn1. The van der Waals surface area contributed by atoms with Crippen molar-refractivity contribution in [2.75, 3.05) is 5.32 Å². The maximum absolute atomic E-state index is 12.6. The van der Waals surface area contributed by atoms with Crippen molar-refractivity contribution < 1.29 is 9.59 Å². The third-order valence-corrected chi connectivity index (χ3v) is 4.47. The van der Waals surface area contributed by atoms with Gasteiger partial charge >= 0.3 is 0 Å². The van der Waals surface area contributed by atoms with Crippen molar-refractivity contribution in [3.63, 3.8) is 0 Å². The number of hydrogen-bond acceptors (Lipinski definition) is 3. The van der Waals surface area contributed by atoms with E-state index in [4.69, 9.17) is 0 Å². The largest absolute Gasteiger partial charge is 0.348 e. The first kappa shape index (κ1) is 19.3. The average Bonchev–Trinajstić information content (AvgIpc) is 2.73. The molecule has 2 amide bonds. The second kappa shape index (κ2) is 8.95. The number of para-hydroxylation sites is 1. The molecule has 0 saturated heterocycles. The number of benzene rings is 2. The summed E-state index contributed by atoms with van der Waals surface area (Å²) >= 11 is 0. The van der Waals surface area contributed by atoms with Crippen molar-refractivity contribution in [2.45, 2.75) is 26.8 Å². The van der Waals surface area contributed by atoms with Crippen molar-refractivity contribution in [1.82, 2.24) is 10.3 Å². The Labute approximate surface area is 164 Å². The monoisotopic (exact) mass is 373 g/mol. The van der Waals surface area contributed by atoms with Gasteiger partial charge in [0.2, 0.25) is 0 Å². The van der Waals surface area contributed by atoms with Crippen LogP contribution in [-0.2, 0) is 13.0 Å². The van der Waals surface area contributed by atoms with Gasteiger partial charge < -0.3 is 10.6 Å².